The van der Waals surface area contributed by atoms with E-state index in [1.807, 2.05) is 4.90 Å². The molecule has 0 radical (unpaired) electrons. The molecule has 2 unspecified atom stereocenters. The number of rotatable bonds is 1. The Balaban J connectivity index is 1.72. The molecule has 0 spiro atoms. The van der Waals surface area contributed by atoms with Crippen molar-refractivity contribution in [2.45, 2.75) is 6.04 Å². The molecule has 16 heavy (non-hydrogen) atoms. The monoisotopic (exact) mass is 236 g/mol. The number of fused-ring (bicyclic) bond motifs is 1. The van der Waals surface area contributed by atoms with Crippen molar-refractivity contribution in [3.8, 4) is 0 Å². The summed E-state index contributed by atoms with van der Waals surface area (Å²) in [6, 6.07) is 7.37. The van der Waals surface area contributed by atoms with Crippen molar-refractivity contribution in [1.29, 1.82) is 0 Å². The first-order chi connectivity index (χ1) is 7.66. The van der Waals surface area contributed by atoms with E-state index < -0.39 is 0 Å². The Morgan fingerprint density at radius 2 is 1.81 bits per heavy atom. The number of nitrogens with two attached hydrogens (primary N) is 1. The zero-order chi connectivity index (χ0) is 11.3. The molecule has 1 aromatic carbocycles. The first kappa shape index (κ1) is 10.1. The second kappa shape index (κ2) is 3.47. The molecule has 4 heteroatoms. The summed E-state index contributed by atoms with van der Waals surface area (Å²) < 4.78 is 0. The lowest BCUT2D eigenvalue weighted by Gasteiger charge is -2.19. The van der Waals surface area contributed by atoms with Gasteiger partial charge in [0.2, 0.25) is 0 Å². The van der Waals surface area contributed by atoms with Gasteiger partial charge in [-0.3, -0.25) is 4.79 Å². The minimum absolute atomic E-state index is 0.0936. The maximum atomic E-state index is 12.1. The highest BCUT2D eigenvalue weighted by molar-refractivity contribution is 6.30. The predicted molar refractivity (Wildman–Crippen MR) is 62.3 cm³/mol. The number of hydrogen-bond acceptors (Lipinski definition) is 2. The minimum atomic E-state index is 0.0936. The van der Waals surface area contributed by atoms with Gasteiger partial charge in [0.25, 0.3) is 5.91 Å². The van der Waals surface area contributed by atoms with Crippen LogP contribution in [0.3, 0.4) is 0 Å². The number of nitrogens with zero attached hydrogens (tertiary/aromatic N) is 1. The summed E-state index contributed by atoms with van der Waals surface area (Å²) in [4.78, 5) is 14.0. The van der Waals surface area contributed by atoms with Gasteiger partial charge in [-0.05, 0) is 36.1 Å². The molecule has 0 bridgehead atoms. The highest BCUT2D eigenvalue weighted by Gasteiger charge is 2.54. The molecule has 3 nitrogen and oxygen atoms in total. The van der Waals surface area contributed by atoms with Gasteiger partial charge in [0.1, 0.15) is 0 Å². The molecule has 1 heterocycles. The lowest BCUT2D eigenvalue weighted by molar-refractivity contribution is 0.0773. The molecule has 1 saturated carbocycles. The van der Waals surface area contributed by atoms with E-state index in [4.69, 9.17) is 17.3 Å². The fourth-order valence-corrected chi connectivity index (χ4v) is 2.64. The molecular weight excluding hydrogens is 224 g/mol. The highest BCUT2D eigenvalue weighted by atomic mass is 35.5. The molecule has 1 saturated heterocycles. The van der Waals surface area contributed by atoms with E-state index in [0.717, 1.165) is 13.1 Å². The quantitative estimate of drug-likeness (QED) is 0.801. The molecule has 2 fully saturated rings. The van der Waals surface area contributed by atoms with Crippen LogP contribution >= 0.6 is 11.6 Å². The summed E-state index contributed by atoms with van der Waals surface area (Å²) in [6.45, 7) is 1.63. The lowest BCUT2D eigenvalue weighted by Crippen LogP contribution is -2.33. The van der Waals surface area contributed by atoms with Crippen LogP contribution in [-0.2, 0) is 0 Å². The van der Waals surface area contributed by atoms with E-state index >= 15 is 0 Å². The zero-order valence-corrected chi connectivity index (χ0v) is 9.52. The van der Waals surface area contributed by atoms with Crippen LogP contribution in [-0.4, -0.2) is 29.9 Å². The molecular formula is C12H13ClN2O. The van der Waals surface area contributed by atoms with Crippen molar-refractivity contribution in [1.82, 2.24) is 4.90 Å². The second-order valence-electron chi connectivity index (χ2n) is 4.62. The van der Waals surface area contributed by atoms with Crippen molar-refractivity contribution in [2.24, 2.45) is 17.6 Å². The van der Waals surface area contributed by atoms with Gasteiger partial charge in [-0.1, -0.05) is 11.6 Å². The molecule has 1 amide bonds. The van der Waals surface area contributed by atoms with Gasteiger partial charge in [-0.2, -0.15) is 0 Å². The third kappa shape index (κ3) is 1.51. The molecule has 1 aliphatic carbocycles. The minimum Gasteiger partial charge on any atom is -0.338 e. The van der Waals surface area contributed by atoms with Crippen LogP contribution in [0.25, 0.3) is 0 Å². The SMILES string of the molecule is NC1C2CN(C(=O)c3ccc(Cl)cc3)CC12. The van der Waals surface area contributed by atoms with E-state index in [1.165, 1.54) is 0 Å². The van der Waals surface area contributed by atoms with Gasteiger partial charge in [0.05, 0.1) is 0 Å². The number of carbonyl (C=O) groups is 1. The first-order valence-electron chi connectivity index (χ1n) is 5.47. The average molecular weight is 237 g/mol. The number of benzene rings is 1. The largest absolute Gasteiger partial charge is 0.338 e. The van der Waals surface area contributed by atoms with Gasteiger partial charge in [-0.25, -0.2) is 0 Å². The standard InChI is InChI=1S/C12H13ClN2O/c13-8-3-1-7(2-4-8)12(16)15-5-9-10(6-15)11(9)14/h1-4,9-11H,5-6,14H2. The van der Waals surface area contributed by atoms with Crippen molar-refractivity contribution < 1.29 is 4.79 Å². The van der Waals surface area contributed by atoms with Gasteiger partial charge in [0, 0.05) is 29.7 Å². The topological polar surface area (TPSA) is 46.3 Å². The van der Waals surface area contributed by atoms with E-state index in [2.05, 4.69) is 0 Å². The fourth-order valence-electron chi connectivity index (χ4n) is 2.51. The van der Waals surface area contributed by atoms with Gasteiger partial charge >= 0.3 is 0 Å². The molecule has 1 aliphatic heterocycles. The second-order valence-corrected chi connectivity index (χ2v) is 5.06. The molecule has 2 N–H and O–H groups in total. The summed E-state index contributed by atoms with van der Waals surface area (Å²) in [5, 5.41) is 0.655. The summed E-state index contributed by atoms with van der Waals surface area (Å²) >= 11 is 5.78. The van der Waals surface area contributed by atoms with Crippen molar-refractivity contribution in [3.63, 3.8) is 0 Å². The lowest BCUT2D eigenvalue weighted by atomic mass is 10.2. The number of carbonyl (C=O) groups excluding carboxylic acids is 1. The van der Waals surface area contributed by atoms with Crippen molar-refractivity contribution in [3.05, 3.63) is 34.9 Å². The maximum Gasteiger partial charge on any atom is 0.253 e. The number of amides is 1. The first-order valence-corrected chi connectivity index (χ1v) is 5.85. The Bertz CT molecular complexity index is 419. The Morgan fingerprint density at radius 3 is 2.38 bits per heavy atom. The zero-order valence-electron chi connectivity index (χ0n) is 8.77. The fraction of sp³-hybridized carbons (Fsp3) is 0.417. The average Bonchev–Trinajstić information content (AvgIpc) is 2.75. The third-order valence-electron chi connectivity index (χ3n) is 3.64. The Kier molecular flexibility index (Phi) is 2.19. The maximum absolute atomic E-state index is 12.1. The molecule has 2 atom stereocenters. The van der Waals surface area contributed by atoms with Gasteiger partial charge in [-0.15, -0.1) is 0 Å². The molecule has 84 valence electrons. The Morgan fingerprint density at radius 1 is 1.25 bits per heavy atom. The number of halogens is 1. The Labute approximate surface area is 99.2 Å². The van der Waals surface area contributed by atoms with Crippen LogP contribution in [0.2, 0.25) is 5.02 Å². The van der Waals surface area contributed by atoms with E-state index in [9.17, 15) is 4.79 Å². The summed E-state index contributed by atoms with van der Waals surface area (Å²) in [5.41, 5.74) is 6.54. The molecule has 1 aromatic rings. The summed E-state index contributed by atoms with van der Waals surface area (Å²) in [7, 11) is 0. The normalized spacial score (nSPS) is 31.4. The van der Waals surface area contributed by atoms with E-state index in [0.29, 0.717) is 28.5 Å². The number of hydrogen-bond donors (Lipinski definition) is 1. The molecule has 0 aromatic heterocycles. The third-order valence-corrected chi connectivity index (χ3v) is 3.89. The van der Waals surface area contributed by atoms with Crippen LogP contribution in [0.15, 0.2) is 24.3 Å². The van der Waals surface area contributed by atoms with Crippen molar-refractivity contribution in [2.75, 3.05) is 13.1 Å². The van der Waals surface area contributed by atoms with E-state index in [-0.39, 0.29) is 5.91 Å². The van der Waals surface area contributed by atoms with Crippen LogP contribution in [0.5, 0.6) is 0 Å². The Hall–Kier alpha value is -1.06. The smallest absolute Gasteiger partial charge is 0.253 e. The van der Waals surface area contributed by atoms with E-state index in [1.54, 1.807) is 24.3 Å². The molecule has 3 rings (SSSR count). The highest BCUT2D eigenvalue weighted by Crippen LogP contribution is 2.44. The van der Waals surface area contributed by atoms with Crippen LogP contribution in [0.4, 0.5) is 0 Å². The summed E-state index contributed by atoms with van der Waals surface area (Å²) in [6.07, 6.45) is 0. The summed E-state index contributed by atoms with van der Waals surface area (Å²) in [5.74, 6) is 1.17. The van der Waals surface area contributed by atoms with Crippen LogP contribution in [0.1, 0.15) is 10.4 Å². The number of piperidine rings is 1. The van der Waals surface area contributed by atoms with Crippen molar-refractivity contribution >= 4 is 17.5 Å². The van der Waals surface area contributed by atoms with Crippen LogP contribution in [0, 0.1) is 11.8 Å². The molecule has 2 aliphatic rings. The predicted octanol–water partition coefficient (Wildman–Crippen LogP) is 1.37. The van der Waals surface area contributed by atoms with Gasteiger partial charge in [0.15, 0.2) is 0 Å². The number of likely N-dealkylation sites (tertiary alicyclic amines) is 1. The van der Waals surface area contributed by atoms with Crippen LogP contribution < -0.4 is 5.73 Å². The van der Waals surface area contributed by atoms with Gasteiger partial charge < -0.3 is 10.6 Å².